The third-order valence-electron chi connectivity index (χ3n) is 5.70. The van der Waals surface area contributed by atoms with Crippen molar-refractivity contribution in [1.82, 2.24) is 0 Å². The largest absolute Gasteiger partial charge is 0.0769 e. The van der Waals surface area contributed by atoms with Gasteiger partial charge >= 0.3 is 0 Å². The highest BCUT2D eigenvalue weighted by Gasteiger charge is 2.13. The van der Waals surface area contributed by atoms with Crippen LogP contribution in [0.4, 0.5) is 0 Å². The number of benzene rings is 2. The summed E-state index contributed by atoms with van der Waals surface area (Å²) in [6, 6.07) is 14.4. The Kier molecular flexibility index (Phi) is 6.80. The summed E-state index contributed by atoms with van der Waals surface area (Å²) in [5, 5.41) is 0. The first kappa shape index (κ1) is 20.0. The van der Waals surface area contributed by atoms with Crippen LogP contribution < -0.4 is 0 Å². The summed E-state index contributed by atoms with van der Waals surface area (Å²) in [6.45, 7) is 15.6. The SMILES string of the molecule is CC1=CCC(c2cc(C)c(C)c(C)c2C)=CC(C)=C1C.c1ccccc1. The summed E-state index contributed by atoms with van der Waals surface area (Å²) in [6.07, 6.45) is 5.77. The average Bonchev–Trinajstić information content (AvgIpc) is 2.78. The smallest absolute Gasteiger partial charge is 0.00855 e. The van der Waals surface area contributed by atoms with Gasteiger partial charge in [-0.2, -0.15) is 0 Å². The minimum Gasteiger partial charge on any atom is -0.0769 e. The van der Waals surface area contributed by atoms with Crippen molar-refractivity contribution in [1.29, 1.82) is 0 Å². The molecule has 2 aromatic rings. The van der Waals surface area contributed by atoms with Crippen LogP contribution in [0, 0.1) is 27.7 Å². The van der Waals surface area contributed by atoms with Crippen LogP contribution in [-0.2, 0) is 0 Å². The highest BCUT2D eigenvalue weighted by atomic mass is 14.2. The molecule has 0 heterocycles. The van der Waals surface area contributed by atoms with Crippen molar-refractivity contribution in [2.75, 3.05) is 0 Å². The molecule has 1 aliphatic carbocycles. The Morgan fingerprint density at radius 1 is 0.654 bits per heavy atom. The second-order valence-electron chi connectivity index (χ2n) is 7.34. The van der Waals surface area contributed by atoms with Gasteiger partial charge in [0.05, 0.1) is 0 Å². The first-order valence-corrected chi connectivity index (χ1v) is 9.46. The van der Waals surface area contributed by atoms with E-state index < -0.39 is 0 Å². The predicted molar refractivity (Wildman–Crippen MR) is 117 cm³/mol. The summed E-state index contributed by atoms with van der Waals surface area (Å²) < 4.78 is 0. The van der Waals surface area contributed by atoms with Crippen molar-refractivity contribution < 1.29 is 0 Å². The van der Waals surface area contributed by atoms with Crippen molar-refractivity contribution in [2.45, 2.75) is 54.9 Å². The van der Waals surface area contributed by atoms with Crippen LogP contribution in [0.5, 0.6) is 0 Å². The van der Waals surface area contributed by atoms with E-state index in [1.807, 2.05) is 36.4 Å². The van der Waals surface area contributed by atoms with E-state index in [-0.39, 0.29) is 0 Å². The van der Waals surface area contributed by atoms with Crippen molar-refractivity contribution >= 4 is 5.57 Å². The molecule has 0 N–H and O–H groups in total. The molecule has 2 aromatic carbocycles. The molecule has 3 rings (SSSR count). The molecule has 0 atom stereocenters. The topological polar surface area (TPSA) is 0 Å². The molecule has 0 radical (unpaired) electrons. The van der Waals surface area contributed by atoms with E-state index in [4.69, 9.17) is 0 Å². The Labute approximate surface area is 160 Å². The van der Waals surface area contributed by atoms with Crippen molar-refractivity contribution in [3.8, 4) is 0 Å². The first-order valence-electron chi connectivity index (χ1n) is 9.46. The standard InChI is InChI=1S/C20H26.C6H6/c1-12-8-9-19(10-13(2)15(12)4)20-11-14(3)16(5)17(6)18(20)7;1-2-4-6-5-3-1/h8,10-11H,9H2,1-7H3;1-6H. The number of hydrogen-bond acceptors (Lipinski definition) is 0. The normalized spacial score (nSPS) is 14.1. The van der Waals surface area contributed by atoms with Crippen molar-refractivity contribution in [3.63, 3.8) is 0 Å². The summed E-state index contributed by atoms with van der Waals surface area (Å²) in [5.41, 5.74) is 12.8. The van der Waals surface area contributed by atoms with Gasteiger partial charge in [-0.05, 0) is 99.4 Å². The molecule has 0 aromatic heterocycles. The number of rotatable bonds is 1. The van der Waals surface area contributed by atoms with Gasteiger partial charge in [0, 0.05) is 0 Å². The van der Waals surface area contributed by atoms with Gasteiger partial charge in [-0.25, -0.2) is 0 Å². The van der Waals surface area contributed by atoms with E-state index in [9.17, 15) is 0 Å². The molecule has 0 amide bonds. The molecule has 0 fully saturated rings. The zero-order valence-corrected chi connectivity index (χ0v) is 17.4. The first-order chi connectivity index (χ1) is 12.3. The van der Waals surface area contributed by atoms with E-state index in [1.165, 1.54) is 50.1 Å². The molecule has 0 heteroatoms. The van der Waals surface area contributed by atoms with Gasteiger partial charge in [-0.15, -0.1) is 0 Å². The summed E-state index contributed by atoms with van der Waals surface area (Å²) >= 11 is 0. The maximum Gasteiger partial charge on any atom is -0.00855 e. The van der Waals surface area contributed by atoms with Crippen LogP contribution in [0.2, 0.25) is 0 Å². The van der Waals surface area contributed by atoms with Crippen LogP contribution in [-0.4, -0.2) is 0 Å². The highest BCUT2D eigenvalue weighted by Crippen LogP contribution is 2.33. The monoisotopic (exact) mass is 344 g/mol. The minimum atomic E-state index is 1.03. The van der Waals surface area contributed by atoms with Gasteiger partial charge < -0.3 is 0 Å². The molecule has 0 saturated heterocycles. The average molecular weight is 345 g/mol. The molecular formula is C26H32. The lowest BCUT2D eigenvalue weighted by atomic mass is 9.89. The van der Waals surface area contributed by atoms with Gasteiger partial charge in [0.15, 0.2) is 0 Å². The Hall–Kier alpha value is -2.34. The Morgan fingerprint density at radius 2 is 1.19 bits per heavy atom. The molecule has 136 valence electrons. The van der Waals surface area contributed by atoms with E-state index >= 15 is 0 Å². The molecule has 1 aliphatic rings. The third kappa shape index (κ3) is 4.64. The fraction of sp³-hybridized carbons (Fsp3) is 0.308. The second-order valence-corrected chi connectivity index (χ2v) is 7.34. The third-order valence-corrected chi connectivity index (χ3v) is 5.70. The highest BCUT2D eigenvalue weighted by molar-refractivity contribution is 5.75. The van der Waals surface area contributed by atoms with Crippen LogP contribution in [0.25, 0.3) is 5.57 Å². The molecular weight excluding hydrogens is 312 g/mol. The minimum absolute atomic E-state index is 1.03. The number of hydrogen-bond donors (Lipinski definition) is 0. The van der Waals surface area contributed by atoms with Crippen LogP contribution in [0.15, 0.2) is 71.3 Å². The quantitative estimate of drug-likeness (QED) is 0.497. The maximum atomic E-state index is 2.37. The molecule has 0 bridgehead atoms. The number of allylic oxidation sites excluding steroid dienone is 6. The van der Waals surface area contributed by atoms with Gasteiger partial charge in [0.25, 0.3) is 0 Å². The Bertz CT molecular complexity index is 832. The van der Waals surface area contributed by atoms with Crippen LogP contribution >= 0.6 is 0 Å². The van der Waals surface area contributed by atoms with Gasteiger partial charge in [-0.1, -0.05) is 60.2 Å². The lowest BCUT2D eigenvalue weighted by molar-refractivity contribution is 1.19. The second kappa shape index (κ2) is 8.85. The lowest BCUT2D eigenvalue weighted by Gasteiger charge is -2.16. The Morgan fingerprint density at radius 3 is 1.73 bits per heavy atom. The number of aryl methyl sites for hydroxylation is 1. The zero-order valence-electron chi connectivity index (χ0n) is 17.4. The van der Waals surface area contributed by atoms with Crippen LogP contribution in [0.3, 0.4) is 0 Å². The zero-order chi connectivity index (χ0) is 19.3. The van der Waals surface area contributed by atoms with Gasteiger partial charge in [0.1, 0.15) is 0 Å². The Balaban J connectivity index is 0.000000342. The molecule has 0 aliphatic heterocycles. The van der Waals surface area contributed by atoms with Crippen molar-refractivity contribution in [3.05, 3.63) is 99.2 Å². The molecule has 0 saturated carbocycles. The molecule has 0 nitrogen and oxygen atoms in total. The predicted octanol–water partition coefficient (Wildman–Crippen LogP) is 7.68. The fourth-order valence-corrected chi connectivity index (χ4v) is 3.27. The summed E-state index contributed by atoms with van der Waals surface area (Å²) in [4.78, 5) is 0. The van der Waals surface area contributed by atoms with Crippen molar-refractivity contribution in [2.24, 2.45) is 0 Å². The van der Waals surface area contributed by atoms with E-state index in [1.54, 1.807) is 0 Å². The summed E-state index contributed by atoms with van der Waals surface area (Å²) in [7, 11) is 0. The van der Waals surface area contributed by atoms with Gasteiger partial charge in [-0.3, -0.25) is 0 Å². The molecule has 0 unspecified atom stereocenters. The molecule has 0 spiro atoms. The lowest BCUT2D eigenvalue weighted by Crippen LogP contribution is -1.97. The van der Waals surface area contributed by atoms with Gasteiger partial charge in [0.2, 0.25) is 0 Å². The fourth-order valence-electron chi connectivity index (χ4n) is 3.27. The van der Waals surface area contributed by atoms with E-state index in [0.29, 0.717) is 0 Å². The van der Waals surface area contributed by atoms with E-state index in [0.717, 1.165) is 6.42 Å². The van der Waals surface area contributed by atoms with E-state index in [2.05, 4.69) is 66.7 Å². The maximum absolute atomic E-state index is 2.37. The molecule has 26 heavy (non-hydrogen) atoms. The van der Waals surface area contributed by atoms with Crippen LogP contribution in [0.1, 0.15) is 55.0 Å². The summed E-state index contributed by atoms with van der Waals surface area (Å²) in [5.74, 6) is 0.